The smallest absolute Gasteiger partial charge is 0.490 e. The van der Waals surface area contributed by atoms with Crippen molar-refractivity contribution < 1.29 is 50.2 Å². The highest BCUT2D eigenvalue weighted by molar-refractivity contribution is 7.92. The van der Waals surface area contributed by atoms with Crippen LogP contribution in [0, 0.1) is 0 Å². The molecule has 3 rings (SSSR count). The largest absolute Gasteiger partial charge is 0.504 e. The van der Waals surface area contributed by atoms with Crippen LogP contribution >= 0.6 is 11.6 Å². The quantitative estimate of drug-likeness (QED) is 0.256. The molecule has 0 unspecified atom stereocenters. The summed E-state index contributed by atoms with van der Waals surface area (Å²) < 4.78 is 83.1. The maximum Gasteiger partial charge on any atom is 0.490 e. The first-order valence-corrected chi connectivity index (χ1v) is 11.6. The summed E-state index contributed by atoms with van der Waals surface area (Å²) in [5.41, 5.74) is 0.848. The predicted molar refractivity (Wildman–Crippen MR) is 111 cm³/mol. The number of anilines is 1. The number of rotatable bonds is 4. The van der Waals surface area contributed by atoms with Crippen LogP contribution in [0.3, 0.4) is 0 Å². The van der Waals surface area contributed by atoms with E-state index in [2.05, 4.69) is 10.6 Å². The summed E-state index contributed by atoms with van der Waals surface area (Å²) in [4.78, 5) is 20.4. The van der Waals surface area contributed by atoms with E-state index in [1.54, 1.807) is 0 Å². The molecule has 1 atom stereocenters. The molecule has 0 radical (unpaired) electrons. The number of benzene rings is 1. The number of halogens is 6. The predicted octanol–water partition coefficient (Wildman–Crippen LogP) is 4.48. The summed E-state index contributed by atoms with van der Waals surface area (Å²) in [7, 11) is -4.27. The van der Waals surface area contributed by atoms with Crippen molar-refractivity contribution in [3.63, 3.8) is 0 Å². The van der Waals surface area contributed by atoms with Gasteiger partial charge >= 0.3 is 18.2 Å². The summed E-state index contributed by atoms with van der Waals surface area (Å²) in [5, 5.41) is 21.0. The average molecular weight is 535 g/mol. The summed E-state index contributed by atoms with van der Waals surface area (Å²) in [6.45, 7) is 1.89. The molecule has 4 N–H and O–H groups in total. The van der Waals surface area contributed by atoms with E-state index in [0.29, 0.717) is 0 Å². The molecule has 2 amide bonds. The minimum atomic E-state index is -5.08. The lowest BCUT2D eigenvalue weighted by Gasteiger charge is -2.34. The molecule has 190 valence electrons. The first kappa shape index (κ1) is 27.6. The molecule has 15 heteroatoms. The number of phenols is 1. The van der Waals surface area contributed by atoms with Crippen molar-refractivity contribution in [2.75, 3.05) is 5.32 Å². The lowest BCUT2D eigenvalue weighted by molar-refractivity contribution is -0.192. The van der Waals surface area contributed by atoms with Gasteiger partial charge in [-0.05, 0) is 31.9 Å². The van der Waals surface area contributed by atoms with E-state index in [4.69, 9.17) is 21.5 Å². The maximum absolute atomic E-state index is 13.1. The van der Waals surface area contributed by atoms with E-state index in [9.17, 15) is 40.3 Å². The van der Waals surface area contributed by atoms with Crippen LogP contribution < -0.4 is 10.6 Å². The van der Waals surface area contributed by atoms with Gasteiger partial charge in [-0.3, -0.25) is 0 Å². The fourth-order valence-electron chi connectivity index (χ4n) is 3.26. The number of carbonyl (C=O) groups is 2. The third-order valence-electron chi connectivity index (χ3n) is 5.13. The zero-order valence-electron chi connectivity index (χ0n) is 17.4. The number of phenolic OH excluding ortho intramolecular Hbond substituents is 1. The van der Waals surface area contributed by atoms with Crippen molar-refractivity contribution in [3.05, 3.63) is 28.8 Å². The summed E-state index contributed by atoms with van der Waals surface area (Å²) in [6.07, 6.45) is -3.13. The standard InChI is InChI=1S/C17H19ClF2N2O4S.C2HF3O2/c1-9-3-2-4-12(9)21-16(24)22-13-6-5-11(18)15(14(13)23)27(25,26)10-7-17(19,20)8-10;3-2(4,5)1(6)7/h3,5-6,10,12,23H,2,4,7-8H2,1H3,(H2,21,22,24);(H,6,7)/t12-;/m1./s1. The van der Waals surface area contributed by atoms with E-state index < -0.39 is 62.7 Å². The van der Waals surface area contributed by atoms with Crippen LogP contribution in [0.4, 0.5) is 32.4 Å². The van der Waals surface area contributed by atoms with Crippen LogP contribution in [-0.2, 0) is 14.6 Å². The Bertz CT molecular complexity index is 1100. The second-order valence-electron chi connectivity index (χ2n) is 7.68. The third kappa shape index (κ3) is 6.50. The SMILES string of the molecule is CC1=CCC[C@H]1NC(=O)Nc1ccc(Cl)c(S(=O)(=O)C2CC(F)(F)C2)c1O.O=C(O)C(F)(F)F. The van der Waals surface area contributed by atoms with Gasteiger partial charge < -0.3 is 20.8 Å². The topological polar surface area (TPSA) is 133 Å². The number of sulfone groups is 1. The van der Waals surface area contributed by atoms with Crippen molar-refractivity contribution in [1.29, 1.82) is 0 Å². The molecular formula is C19H20ClF5N2O6S. The van der Waals surface area contributed by atoms with Gasteiger partial charge in [0.05, 0.1) is 22.0 Å². The molecule has 1 fully saturated rings. The molecular weight excluding hydrogens is 515 g/mol. The van der Waals surface area contributed by atoms with Crippen molar-refractivity contribution in [3.8, 4) is 5.75 Å². The first-order chi connectivity index (χ1) is 15.5. The van der Waals surface area contributed by atoms with E-state index in [1.807, 2.05) is 13.0 Å². The Balaban J connectivity index is 0.000000509. The molecule has 34 heavy (non-hydrogen) atoms. The molecule has 0 aliphatic heterocycles. The van der Waals surface area contributed by atoms with Gasteiger partial charge in [0, 0.05) is 12.8 Å². The molecule has 0 heterocycles. The highest BCUT2D eigenvalue weighted by Gasteiger charge is 2.53. The van der Waals surface area contributed by atoms with Gasteiger partial charge in [-0.15, -0.1) is 0 Å². The van der Waals surface area contributed by atoms with Gasteiger partial charge in [-0.2, -0.15) is 13.2 Å². The lowest BCUT2D eigenvalue weighted by Crippen LogP contribution is -2.44. The van der Waals surface area contributed by atoms with Crippen LogP contribution in [-0.4, -0.2) is 54.0 Å². The Morgan fingerprint density at radius 1 is 1.21 bits per heavy atom. The average Bonchev–Trinajstić information content (AvgIpc) is 3.06. The number of allylic oxidation sites excluding steroid dienone is 1. The normalized spacial score (nSPS) is 19.9. The zero-order chi connectivity index (χ0) is 26.1. The highest BCUT2D eigenvalue weighted by atomic mass is 35.5. The number of amides is 2. The molecule has 0 bridgehead atoms. The van der Waals surface area contributed by atoms with Gasteiger partial charge in [0.15, 0.2) is 15.6 Å². The van der Waals surface area contributed by atoms with Crippen LogP contribution in [0.5, 0.6) is 5.75 Å². The molecule has 0 spiro atoms. The highest BCUT2D eigenvalue weighted by Crippen LogP contribution is 2.47. The zero-order valence-corrected chi connectivity index (χ0v) is 19.0. The number of hydrogen-bond donors (Lipinski definition) is 4. The van der Waals surface area contributed by atoms with Crippen molar-refractivity contribution in [2.45, 2.75) is 60.9 Å². The van der Waals surface area contributed by atoms with Gasteiger partial charge in [0.25, 0.3) is 5.92 Å². The van der Waals surface area contributed by atoms with Gasteiger partial charge in [0.2, 0.25) is 0 Å². The molecule has 1 aromatic rings. The van der Waals surface area contributed by atoms with Crippen LogP contribution in [0.2, 0.25) is 5.02 Å². The first-order valence-electron chi connectivity index (χ1n) is 9.63. The Labute approximate surface area is 195 Å². The van der Waals surface area contributed by atoms with Gasteiger partial charge in [-0.25, -0.2) is 26.8 Å². The molecule has 8 nitrogen and oxygen atoms in total. The summed E-state index contributed by atoms with van der Waals surface area (Å²) in [6, 6.07) is 1.69. The number of carboxylic acids is 1. The van der Waals surface area contributed by atoms with E-state index in [1.165, 1.54) is 12.1 Å². The summed E-state index contributed by atoms with van der Waals surface area (Å²) >= 11 is 5.91. The minimum absolute atomic E-state index is 0.139. The summed E-state index contributed by atoms with van der Waals surface area (Å²) in [5.74, 6) is -6.55. The number of aliphatic carboxylic acids is 1. The number of carboxylic acid groups (broad SMARTS) is 1. The Morgan fingerprint density at radius 3 is 2.21 bits per heavy atom. The fourth-order valence-corrected chi connectivity index (χ4v) is 5.72. The van der Waals surface area contributed by atoms with E-state index in [-0.39, 0.29) is 16.8 Å². The fraction of sp³-hybridized carbons (Fsp3) is 0.474. The second kappa shape index (κ2) is 9.94. The number of alkyl halides is 5. The van der Waals surface area contributed by atoms with E-state index >= 15 is 0 Å². The molecule has 2 aliphatic rings. The number of hydrogen-bond acceptors (Lipinski definition) is 5. The van der Waals surface area contributed by atoms with Crippen LogP contribution in [0.25, 0.3) is 0 Å². The molecule has 0 aromatic heterocycles. The molecule has 1 aromatic carbocycles. The van der Waals surface area contributed by atoms with Crippen LogP contribution in [0.1, 0.15) is 32.6 Å². The number of carbonyl (C=O) groups excluding carboxylic acids is 1. The van der Waals surface area contributed by atoms with Crippen LogP contribution in [0.15, 0.2) is 28.7 Å². The Hall–Kier alpha value is -2.61. The van der Waals surface area contributed by atoms with Crippen molar-refractivity contribution in [1.82, 2.24) is 5.32 Å². The molecule has 1 saturated carbocycles. The number of nitrogens with one attached hydrogen (secondary N) is 2. The van der Waals surface area contributed by atoms with E-state index in [0.717, 1.165) is 18.4 Å². The monoisotopic (exact) mass is 534 g/mol. The van der Waals surface area contributed by atoms with Crippen molar-refractivity contribution >= 4 is 39.1 Å². The number of urea groups is 1. The Kier molecular flexibility index (Phi) is 8.08. The van der Waals surface area contributed by atoms with Gasteiger partial charge in [-0.1, -0.05) is 23.3 Å². The number of aromatic hydroxyl groups is 1. The molecule has 2 aliphatic carbocycles. The lowest BCUT2D eigenvalue weighted by atomic mass is 9.94. The maximum atomic E-state index is 13.1. The minimum Gasteiger partial charge on any atom is -0.504 e. The Morgan fingerprint density at radius 2 is 1.76 bits per heavy atom. The second-order valence-corrected chi connectivity index (χ2v) is 10.3. The molecule has 0 saturated heterocycles. The third-order valence-corrected chi connectivity index (χ3v) is 7.75. The van der Waals surface area contributed by atoms with Crippen molar-refractivity contribution in [2.24, 2.45) is 0 Å². The van der Waals surface area contributed by atoms with Gasteiger partial charge in [0.1, 0.15) is 4.90 Å².